The van der Waals surface area contributed by atoms with E-state index < -0.39 is 0 Å². The molecule has 1 rings (SSSR count). The van der Waals surface area contributed by atoms with Crippen molar-refractivity contribution < 1.29 is 4.42 Å². The lowest BCUT2D eigenvalue weighted by Gasteiger charge is -2.19. The zero-order valence-electron chi connectivity index (χ0n) is 8.59. The van der Waals surface area contributed by atoms with E-state index in [-0.39, 0.29) is 6.04 Å². The zero-order valence-corrected chi connectivity index (χ0v) is 10.2. The van der Waals surface area contributed by atoms with E-state index >= 15 is 0 Å². The fraction of sp³-hybridized carbons (Fsp3) is 0.600. The Bertz CT molecular complexity index is 275. The van der Waals surface area contributed by atoms with E-state index in [9.17, 15) is 0 Å². The van der Waals surface area contributed by atoms with Crippen LogP contribution in [0.4, 0.5) is 0 Å². The first kappa shape index (κ1) is 11.8. The van der Waals surface area contributed by atoms with Gasteiger partial charge in [0.05, 0.1) is 16.8 Å². The van der Waals surface area contributed by atoms with E-state index in [0.29, 0.717) is 12.6 Å². The summed E-state index contributed by atoms with van der Waals surface area (Å²) in [4.78, 5) is 0. The molecule has 14 heavy (non-hydrogen) atoms. The number of hydrogen-bond donors (Lipinski definition) is 2. The molecule has 0 spiro atoms. The van der Waals surface area contributed by atoms with Crippen molar-refractivity contribution >= 4 is 15.9 Å². The van der Waals surface area contributed by atoms with Gasteiger partial charge in [0.2, 0.25) is 0 Å². The fourth-order valence-electron chi connectivity index (χ4n) is 1.27. The monoisotopic (exact) mass is 260 g/mol. The largest absolute Gasteiger partial charge is 0.466 e. The molecule has 0 saturated heterocycles. The van der Waals surface area contributed by atoms with Crippen molar-refractivity contribution in [2.75, 3.05) is 6.54 Å². The highest BCUT2D eigenvalue weighted by Crippen LogP contribution is 2.24. The highest BCUT2D eigenvalue weighted by Gasteiger charge is 2.17. The summed E-state index contributed by atoms with van der Waals surface area (Å²) >= 11 is 3.43. The Kier molecular flexibility index (Phi) is 4.65. The first-order valence-corrected chi connectivity index (χ1v) is 5.67. The van der Waals surface area contributed by atoms with Gasteiger partial charge in [-0.05, 0) is 35.3 Å². The molecule has 1 aromatic heterocycles. The average molecular weight is 261 g/mol. The van der Waals surface area contributed by atoms with Gasteiger partial charge in [0.1, 0.15) is 5.76 Å². The van der Waals surface area contributed by atoms with Crippen LogP contribution in [0.15, 0.2) is 21.2 Å². The molecular weight excluding hydrogens is 244 g/mol. The predicted octanol–water partition coefficient (Wildman–Crippen LogP) is 2.43. The third-order valence-electron chi connectivity index (χ3n) is 2.30. The first-order valence-electron chi connectivity index (χ1n) is 4.88. The van der Waals surface area contributed by atoms with E-state index in [1.54, 1.807) is 6.26 Å². The molecule has 0 radical (unpaired) electrons. The van der Waals surface area contributed by atoms with Crippen LogP contribution in [0.1, 0.15) is 32.1 Å². The minimum Gasteiger partial charge on any atom is -0.466 e. The Hall–Kier alpha value is -0.320. The molecule has 0 aromatic carbocycles. The molecule has 80 valence electrons. The molecule has 0 fully saturated rings. The van der Waals surface area contributed by atoms with Gasteiger partial charge in [-0.3, -0.25) is 0 Å². The molecule has 0 aliphatic heterocycles. The van der Waals surface area contributed by atoms with Crippen LogP contribution < -0.4 is 11.1 Å². The second kappa shape index (κ2) is 5.53. The van der Waals surface area contributed by atoms with Crippen molar-refractivity contribution in [3.05, 3.63) is 22.6 Å². The van der Waals surface area contributed by atoms with Gasteiger partial charge in [-0.1, -0.05) is 6.92 Å². The highest BCUT2D eigenvalue weighted by atomic mass is 79.9. The van der Waals surface area contributed by atoms with E-state index in [1.165, 1.54) is 0 Å². The fourth-order valence-corrected chi connectivity index (χ4v) is 1.74. The number of hydrogen-bond acceptors (Lipinski definition) is 3. The van der Waals surface area contributed by atoms with Gasteiger partial charge in [-0.2, -0.15) is 0 Å². The first-order chi connectivity index (χ1) is 6.69. The maximum Gasteiger partial charge on any atom is 0.136 e. The summed E-state index contributed by atoms with van der Waals surface area (Å²) in [5.74, 6) is 0.882. The van der Waals surface area contributed by atoms with E-state index in [2.05, 4.69) is 35.1 Å². The number of nitrogens with two attached hydrogens (primary N) is 1. The van der Waals surface area contributed by atoms with Gasteiger partial charge in [-0.15, -0.1) is 0 Å². The smallest absolute Gasteiger partial charge is 0.136 e. The summed E-state index contributed by atoms with van der Waals surface area (Å²) < 4.78 is 6.35. The molecule has 2 unspecified atom stereocenters. The molecule has 0 aliphatic carbocycles. The number of halogens is 1. The van der Waals surface area contributed by atoms with Crippen LogP contribution in [0.3, 0.4) is 0 Å². The maximum absolute atomic E-state index is 5.69. The molecule has 4 heteroatoms. The predicted molar refractivity (Wildman–Crippen MR) is 61.1 cm³/mol. The van der Waals surface area contributed by atoms with Crippen LogP contribution in [-0.4, -0.2) is 12.6 Å². The Balaban J connectivity index is 2.67. The van der Waals surface area contributed by atoms with Crippen LogP contribution in [0.5, 0.6) is 0 Å². The minimum absolute atomic E-state index is 0.0920. The SMILES string of the molecule is CCC(C)NC(CN)c1occc1Br. The molecule has 0 aliphatic rings. The second-order valence-electron chi connectivity index (χ2n) is 3.40. The van der Waals surface area contributed by atoms with Crippen LogP contribution in [-0.2, 0) is 0 Å². The molecule has 3 nitrogen and oxygen atoms in total. The van der Waals surface area contributed by atoms with Crippen molar-refractivity contribution in [3.8, 4) is 0 Å². The van der Waals surface area contributed by atoms with E-state index in [1.807, 2.05) is 6.07 Å². The average Bonchev–Trinajstić information content (AvgIpc) is 2.60. The number of nitrogens with one attached hydrogen (secondary N) is 1. The molecular formula is C10H17BrN2O. The Morgan fingerprint density at radius 3 is 2.79 bits per heavy atom. The molecule has 3 N–H and O–H groups in total. The summed E-state index contributed by atoms with van der Waals surface area (Å²) in [6, 6.07) is 2.42. The summed E-state index contributed by atoms with van der Waals surface area (Å²) in [5.41, 5.74) is 5.69. The number of rotatable bonds is 5. The lowest BCUT2D eigenvalue weighted by atomic mass is 10.1. The Morgan fingerprint density at radius 2 is 2.36 bits per heavy atom. The lowest BCUT2D eigenvalue weighted by molar-refractivity contribution is 0.379. The third-order valence-corrected chi connectivity index (χ3v) is 2.95. The lowest BCUT2D eigenvalue weighted by Crippen LogP contribution is -2.34. The van der Waals surface area contributed by atoms with Gasteiger partial charge in [0.15, 0.2) is 0 Å². The Morgan fingerprint density at radius 1 is 1.64 bits per heavy atom. The van der Waals surface area contributed by atoms with E-state index in [4.69, 9.17) is 10.2 Å². The standard InChI is InChI=1S/C10H17BrN2O/c1-3-7(2)13-9(6-12)10-8(11)4-5-14-10/h4-5,7,9,13H,3,6,12H2,1-2H3. The second-order valence-corrected chi connectivity index (χ2v) is 4.25. The van der Waals surface area contributed by atoms with Crippen molar-refractivity contribution in [2.24, 2.45) is 5.73 Å². The zero-order chi connectivity index (χ0) is 10.6. The normalized spacial score (nSPS) is 15.4. The van der Waals surface area contributed by atoms with Gasteiger partial charge < -0.3 is 15.5 Å². The topological polar surface area (TPSA) is 51.2 Å². The van der Waals surface area contributed by atoms with Gasteiger partial charge >= 0.3 is 0 Å². The van der Waals surface area contributed by atoms with Gasteiger partial charge in [-0.25, -0.2) is 0 Å². The van der Waals surface area contributed by atoms with Crippen molar-refractivity contribution in [1.29, 1.82) is 0 Å². The van der Waals surface area contributed by atoms with Crippen molar-refractivity contribution in [2.45, 2.75) is 32.4 Å². The summed E-state index contributed by atoms with van der Waals surface area (Å²) in [6.07, 6.45) is 2.75. The van der Waals surface area contributed by atoms with Crippen LogP contribution >= 0.6 is 15.9 Å². The third kappa shape index (κ3) is 2.83. The van der Waals surface area contributed by atoms with Crippen LogP contribution in [0, 0.1) is 0 Å². The molecule has 0 bridgehead atoms. The summed E-state index contributed by atoms with van der Waals surface area (Å²) in [6.45, 7) is 4.82. The molecule has 2 atom stereocenters. The van der Waals surface area contributed by atoms with Crippen molar-refractivity contribution in [3.63, 3.8) is 0 Å². The summed E-state index contributed by atoms with van der Waals surface area (Å²) in [7, 11) is 0. The summed E-state index contributed by atoms with van der Waals surface area (Å²) in [5, 5.41) is 3.41. The highest BCUT2D eigenvalue weighted by molar-refractivity contribution is 9.10. The molecule has 1 heterocycles. The molecule has 0 saturated carbocycles. The Labute approximate surface area is 93.2 Å². The maximum atomic E-state index is 5.69. The number of furan rings is 1. The quantitative estimate of drug-likeness (QED) is 0.855. The van der Waals surface area contributed by atoms with Crippen LogP contribution in [0.25, 0.3) is 0 Å². The van der Waals surface area contributed by atoms with Crippen molar-refractivity contribution in [1.82, 2.24) is 5.32 Å². The molecule has 1 aromatic rings. The van der Waals surface area contributed by atoms with Crippen LogP contribution in [0.2, 0.25) is 0 Å². The van der Waals surface area contributed by atoms with E-state index in [0.717, 1.165) is 16.7 Å². The van der Waals surface area contributed by atoms with Gasteiger partial charge in [0, 0.05) is 12.6 Å². The molecule has 0 amide bonds. The minimum atomic E-state index is 0.0920. The van der Waals surface area contributed by atoms with Gasteiger partial charge in [0.25, 0.3) is 0 Å².